The van der Waals surface area contributed by atoms with Crippen molar-refractivity contribution in [2.45, 2.75) is 38.6 Å². The zero-order valence-corrected chi connectivity index (χ0v) is 19.0. The molecule has 3 heterocycles. The van der Waals surface area contributed by atoms with E-state index in [2.05, 4.69) is 23.0 Å². The van der Waals surface area contributed by atoms with Crippen molar-refractivity contribution in [1.82, 2.24) is 19.5 Å². The minimum Gasteiger partial charge on any atom is -0.331 e. The van der Waals surface area contributed by atoms with Gasteiger partial charge in [0.05, 0.1) is 17.5 Å². The van der Waals surface area contributed by atoms with E-state index in [1.165, 1.54) is 12.8 Å². The van der Waals surface area contributed by atoms with E-state index >= 15 is 0 Å². The maximum atomic E-state index is 9.91. The van der Waals surface area contributed by atoms with Crippen LogP contribution in [0.2, 0.25) is 0 Å². The Balaban J connectivity index is 2.05. The largest absolute Gasteiger partial charge is 0.331 e. The third-order valence-corrected chi connectivity index (χ3v) is 7.58. The average Bonchev–Trinajstić information content (AvgIpc) is 3.27. The second kappa shape index (κ2) is 9.59. The highest BCUT2D eigenvalue weighted by atomic mass is 32.2. The van der Waals surface area contributed by atoms with Crippen LogP contribution in [0.15, 0.2) is 23.5 Å². The molecule has 0 spiro atoms. The molecule has 0 saturated carbocycles. The second-order valence-electron chi connectivity index (χ2n) is 6.40. The first-order valence-electron chi connectivity index (χ1n) is 9.12. The lowest BCUT2D eigenvalue weighted by molar-refractivity contribution is 0.863. The Morgan fingerprint density at radius 2 is 2.07 bits per heavy atom. The first-order chi connectivity index (χ1) is 13.5. The summed E-state index contributed by atoms with van der Waals surface area (Å²) in [5, 5.41) is 12.4. The molecular formula is C20H23N5S3. The number of rotatable bonds is 8. The molecule has 0 radical (unpaired) electrons. The molecule has 0 fully saturated rings. The Bertz CT molecular complexity index is 1000. The molecule has 146 valence electrons. The van der Waals surface area contributed by atoms with Crippen LogP contribution >= 0.6 is 34.9 Å². The van der Waals surface area contributed by atoms with Crippen LogP contribution in [0, 0.1) is 25.2 Å². The van der Waals surface area contributed by atoms with E-state index in [4.69, 9.17) is 4.98 Å². The molecule has 0 amide bonds. The Morgan fingerprint density at radius 1 is 1.25 bits per heavy atom. The molecule has 0 aromatic carbocycles. The van der Waals surface area contributed by atoms with Crippen molar-refractivity contribution < 1.29 is 0 Å². The molecule has 0 aliphatic carbocycles. The maximum absolute atomic E-state index is 9.91. The minimum absolute atomic E-state index is 0.612. The monoisotopic (exact) mass is 429 g/mol. The van der Waals surface area contributed by atoms with Gasteiger partial charge in [0.25, 0.3) is 0 Å². The summed E-state index contributed by atoms with van der Waals surface area (Å²) in [7, 11) is 1.97. The number of thioether (sulfide) groups is 2. The van der Waals surface area contributed by atoms with Gasteiger partial charge in [-0.1, -0.05) is 25.1 Å². The zero-order chi connectivity index (χ0) is 20.1. The molecule has 0 aliphatic heterocycles. The molecule has 0 unspecified atom stereocenters. The third-order valence-electron chi connectivity index (χ3n) is 4.36. The number of nitrogens with zero attached hydrogens (tertiary/aromatic N) is 5. The van der Waals surface area contributed by atoms with Crippen LogP contribution in [-0.4, -0.2) is 30.4 Å². The van der Waals surface area contributed by atoms with Crippen LogP contribution in [-0.2, 0) is 7.05 Å². The Kier molecular flexibility index (Phi) is 7.16. The van der Waals surface area contributed by atoms with E-state index in [0.29, 0.717) is 5.56 Å². The number of pyridine rings is 1. The van der Waals surface area contributed by atoms with Gasteiger partial charge >= 0.3 is 0 Å². The highest BCUT2D eigenvalue weighted by Gasteiger charge is 2.19. The molecule has 8 heteroatoms. The topological polar surface area (TPSA) is 67.4 Å². The molecule has 0 aliphatic rings. The normalized spacial score (nSPS) is 11.0. The van der Waals surface area contributed by atoms with E-state index in [1.807, 2.05) is 55.7 Å². The predicted octanol–water partition coefficient (Wildman–Crippen LogP) is 5.68. The van der Waals surface area contributed by atoms with Crippen LogP contribution in [0.25, 0.3) is 22.0 Å². The summed E-state index contributed by atoms with van der Waals surface area (Å²) >= 11 is 5.14. The lowest BCUT2D eigenvalue weighted by atomic mass is 10.1. The Hall–Kier alpha value is -1.82. The number of hydrogen-bond donors (Lipinski definition) is 0. The average molecular weight is 430 g/mol. The lowest BCUT2D eigenvalue weighted by Crippen LogP contribution is -2.00. The van der Waals surface area contributed by atoms with Gasteiger partial charge in [-0.2, -0.15) is 17.0 Å². The van der Waals surface area contributed by atoms with Gasteiger partial charge in [-0.05, 0) is 32.1 Å². The van der Waals surface area contributed by atoms with Gasteiger partial charge in [0.2, 0.25) is 0 Å². The van der Waals surface area contributed by atoms with Crippen LogP contribution in [0.3, 0.4) is 0 Å². The molecule has 0 atom stereocenters. The zero-order valence-electron chi connectivity index (χ0n) is 16.5. The number of aromatic nitrogens is 4. The molecule has 0 N–H and O–H groups in total. The predicted molar refractivity (Wildman–Crippen MR) is 120 cm³/mol. The fraction of sp³-hybridized carbons (Fsp3) is 0.400. The number of nitriles is 1. The van der Waals surface area contributed by atoms with E-state index in [1.54, 1.807) is 23.1 Å². The number of unbranched alkanes of at least 4 members (excludes halogenated alkanes) is 1. The highest BCUT2D eigenvalue weighted by Crippen LogP contribution is 2.36. The number of thiazole rings is 1. The Morgan fingerprint density at radius 3 is 2.68 bits per heavy atom. The van der Waals surface area contributed by atoms with Crippen molar-refractivity contribution in [3.63, 3.8) is 0 Å². The van der Waals surface area contributed by atoms with Crippen molar-refractivity contribution in [1.29, 1.82) is 5.26 Å². The molecular weight excluding hydrogens is 406 g/mol. The van der Waals surface area contributed by atoms with Crippen LogP contribution in [0.5, 0.6) is 0 Å². The van der Waals surface area contributed by atoms with E-state index in [-0.39, 0.29) is 0 Å². The minimum atomic E-state index is 0.612. The molecule has 3 rings (SSSR count). The fourth-order valence-corrected chi connectivity index (χ4v) is 5.61. The first kappa shape index (κ1) is 20.9. The first-order valence-corrected chi connectivity index (χ1v) is 12.1. The molecule has 3 aromatic heterocycles. The van der Waals surface area contributed by atoms with Crippen LogP contribution in [0.4, 0.5) is 0 Å². The number of aryl methyl sites for hydroxylation is 2. The van der Waals surface area contributed by atoms with E-state index < -0.39 is 0 Å². The van der Waals surface area contributed by atoms with Gasteiger partial charge in [-0.15, -0.1) is 11.3 Å². The quantitative estimate of drug-likeness (QED) is 0.261. The Labute approximate surface area is 178 Å². The van der Waals surface area contributed by atoms with Crippen molar-refractivity contribution in [3.05, 3.63) is 34.7 Å². The summed E-state index contributed by atoms with van der Waals surface area (Å²) < 4.78 is 2.01. The summed E-state index contributed by atoms with van der Waals surface area (Å²) in [5.41, 5.74) is 3.21. The van der Waals surface area contributed by atoms with Gasteiger partial charge in [0.1, 0.15) is 27.6 Å². The van der Waals surface area contributed by atoms with Gasteiger partial charge in [0, 0.05) is 28.8 Å². The second-order valence-corrected chi connectivity index (χ2v) is 10.1. The summed E-state index contributed by atoms with van der Waals surface area (Å²) in [4.78, 5) is 14.9. The van der Waals surface area contributed by atoms with E-state index in [0.717, 1.165) is 48.5 Å². The van der Waals surface area contributed by atoms with Crippen molar-refractivity contribution in [3.8, 4) is 28.0 Å². The summed E-state index contributed by atoms with van der Waals surface area (Å²) in [6, 6.07) is 4.36. The van der Waals surface area contributed by atoms with Crippen LogP contribution in [0.1, 0.15) is 36.0 Å². The van der Waals surface area contributed by atoms with Gasteiger partial charge < -0.3 is 4.57 Å². The SMILES string of the molecule is CCCCSCSc1nc(-c2ncc(C)s2)cc(-c2cnc(C)n2C)c1C#N. The van der Waals surface area contributed by atoms with Gasteiger partial charge in [-0.3, -0.25) is 0 Å². The van der Waals surface area contributed by atoms with Gasteiger partial charge in [0.15, 0.2) is 0 Å². The summed E-state index contributed by atoms with van der Waals surface area (Å²) in [5.74, 6) is 2.04. The maximum Gasteiger partial charge on any atom is 0.142 e. The number of imidazole rings is 1. The molecule has 0 saturated heterocycles. The third kappa shape index (κ3) is 4.59. The fourth-order valence-electron chi connectivity index (χ4n) is 2.67. The summed E-state index contributed by atoms with van der Waals surface area (Å²) in [6.45, 7) is 6.20. The van der Waals surface area contributed by atoms with Crippen LogP contribution < -0.4 is 0 Å². The van der Waals surface area contributed by atoms with Crippen molar-refractivity contribution in [2.75, 3.05) is 10.8 Å². The molecule has 3 aromatic rings. The van der Waals surface area contributed by atoms with Crippen molar-refractivity contribution >= 4 is 34.9 Å². The highest BCUT2D eigenvalue weighted by molar-refractivity contribution is 8.15. The molecule has 28 heavy (non-hydrogen) atoms. The van der Waals surface area contributed by atoms with E-state index in [9.17, 15) is 5.26 Å². The lowest BCUT2D eigenvalue weighted by Gasteiger charge is -2.12. The smallest absolute Gasteiger partial charge is 0.142 e. The summed E-state index contributed by atoms with van der Waals surface area (Å²) in [6.07, 6.45) is 6.10. The standard InChI is InChI=1S/C20H23N5S3/c1-5-6-7-26-12-27-19-16(9-21)15(18-11-22-14(3)25(18)4)8-17(24-19)20-23-10-13(2)28-20/h8,10-11H,5-7,12H2,1-4H3. The van der Waals surface area contributed by atoms with Gasteiger partial charge in [-0.25, -0.2) is 15.0 Å². The molecule has 0 bridgehead atoms. The number of hydrogen-bond acceptors (Lipinski definition) is 7. The molecule has 5 nitrogen and oxygen atoms in total. The van der Waals surface area contributed by atoms with Crippen molar-refractivity contribution in [2.24, 2.45) is 7.05 Å².